The highest BCUT2D eigenvalue weighted by Crippen LogP contribution is 2.33. The van der Waals surface area contributed by atoms with Crippen LogP contribution in [0.1, 0.15) is 59.8 Å². The molecule has 0 unspecified atom stereocenters. The summed E-state index contributed by atoms with van der Waals surface area (Å²) in [6, 6.07) is 0. The largest absolute Gasteiger partial charge is 0.488 e. The molecule has 0 amide bonds. The summed E-state index contributed by atoms with van der Waals surface area (Å²) in [6.45, 7) is 8.04. The van der Waals surface area contributed by atoms with Crippen molar-refractivity contribution in [2.75, 3.05) is 0 Å². The number of hydrogen-bond acceptors (Lipinski definition) is 2. The van der Waals surface area contributed by atoms with Crippen molar-refractivity contribution in [1.29, 1.82) is 0 Å². The van der Waals surface area contributed by atoms with E-state index in [-0.39, 0.29) is 11.2 Å². The number of hydrogen-bond donors (Lipinski definition) is 0. The second-order valence-corrected chi connectivity index (χ2v) is 5.12. The van der Waals surface area contributed by atoms with Crippen molar-refractivity contribution in [3.8, 4) is 0 Å². The van der Waals surface area contributed by atoms with Gasteiger partial charge in [0.2, 0.25) is 0 Å². The maximum atomic E-state index is 5.21. The van der Waals surface area contributed by atoms with Gasteiger partial charge in [0.15, 0.2) is 0 Å². The zero-order valence-electron chi connectivity index (χ0n) is 9.93. The fourth-order valence-corrected chi connectivity index (χ4v) is 1.43. The maximum Gasteiger partial charge on any atom is 0.488 e. The summed E-state index contributed by atoms with van der Waals surface area (Å²) in [4.78, 5) is 0. The van der Waals surface area contributed by atoms with Crippen LogP contribution in [0.15, 0.2) is 0 Å². The molecule has 0 bridgehead atoms. The lowest BCUT2D eigenvalue weighted by molar-refractivity contribution is 0.00578. The zero-order chi connectivity index (χ0) is 10.7. The maximum absolute atomic E-state index is 5.21. The first-order valence-corrected chi connectivity index (χ1v) is 5.63. The van der Waals surface area contributed by atoms with E-state index in [1.807, 2.05) is 27.7 Å². The van der Waals surface area contributed by atoms with Crippen LogP contribution in [0.2, 0.25) is 0 Å². The monoisotopic (exact) mass is 197 g/mol. The molecule has 0 aromatic carbocycles. The predicted octanol–water partition coefficient (Wildman–Crippen LogP) is 3.08. The highest BCUT2D eigenvalue weighted by molar-refractivity contribution is 6.19. The van der Waals surface area contributed by atoms with Crippen LogP contribution in [0.25, 0.3) is 0 Å². The molecule has 81 valence electrons. The smallest absolute Gasteiger partial charge is 0.405 e. The van der Waals surface area contributed by atoms with Crippen molar-refractivity contribution < 1.29 is 9.31 Å². The second kappa shape index (κ2) is 4.67. The zero-order valence-corrected chi connectivity index (χ0v) is 9.93. The van der Waals surface area contributed by atoms with Crippen LogP contribution in [0.4, 0.5) is 0 Å². The fourth-order valence-electron chi connectivity index (χ4n) is 1.43. The van der Waals surface area contributed by atoms with Gasteiger partial charge in [-0.05, 0) is 27.7 Å². The summed E-state index contributed by atoms with van der Waals surface area (Å²) in [7, 11) is 1.42. The Balaban J connectivity index is 0.000000165. The highest BCUT2D eigenvalue weighted by atomic mass is 16.7. The van der Waals surface area contributed by atoms with Crippen LogP contribution in [0.5, 0.6) is 0 Å². The lowest BCUT2D eigenvalue weighted by Gasteiger charge is -2.32. The summed E-state index contributed by atoms with van der Waals surface area (Å²) in [5, 5.41) is 0. The van der Waals surface area contributed by atoms with Gasteiger partial charge in [-0.2, -0.15) is 0 Å². The molecule has 2 aliphatic rings. The Bertz CT molecular complexity index is 153. The minimum Gasteiger partial charge on any atom is -0.405 e. The molecule has 0 N–H and O–H groups in total. The van der Waals surface area contributed by atoms with Crippen molar-refractivity contribution in [1.82, 2.24) is 0 Å². The topological polar surface area (TPSA) is 18.5 Å². The van der Waals surface area contributed by atoms with E-state index >= 15 is 0 Å². The number of rotatable bonds is 0. The Labute approximate surface area is 88.7 Å². The SMILES string of the molecule is C1CCCC1.CC1(C)O[B]OC1(C)C. The molecule has 3 heteroatoms. The minimum absolute atomic E-state index is 0.187. The minimum atomic E-state index is -0.188. The molecule has 1 radical (unpaired) electrons. The van der Waals surface area contributed by atoms with Crippen molar-refractivity contribution >= 4 is 7.69 Å². The van der Waals surface area contributed by atoms with Crippen LogP contribution in [-0.2, 0) is 9.31 Å². The molecular weight excluding hydrogens is 175 g/mol. The predicted molar refractivity (Wildman–Crippen MR) is 59.2 cm³/mol. The molecule has 0 aromatic heterocycles. The van der Waals surface area contributed by atoms with E-state index in [1.54, 1.807) is 0 Å². The molecule has 2 nitrogen and oxygen atoms in total. The van der Waals surface area contributed by atoms with E-state index < -0.39 is 0 Å². The second-order valence-electron chi connectivity index (χ2n) is 5.12. The van der Waals surface area contributed by atoms with Crippen molar-refractivity contribution in [2.45, 2.75) is 71.0 Å². The van der Waals surface area contributed by atoms with Gasteiger partial charge in [-0.15, -0.1) is 0 Å². The first-order chi connectivity index (χ1) is 6.46. The molecular formula is C11H22BO2. The lowest BCUT2D eigenvalue weighted by atomic mass is 9.90. The molecule has 2 fully saturated rings. The normalized spacial score (nSPS) is 27.7. The van der Waals surface area contributed by atoms with Crippen molar-refractivity contribution in [3.63, 3.8) is 0 Å². The molecule has 1 heterocycles. The third kappa shape index (κ3) is 2.99. The average molecular weight is 197 g/mol. The van der Waals surface area contributed by atoms with E-state index in [0.717, 1.165) is 0 Å². The quantitative estimate of drug-likeness (QED) is 0.555. The van der Waals surface area contributed by atoms with Gasteiger partial charge in [-0.3, -0.25) is 0 Å². The van der Waals surface area contributed by atoms with E-state index in [4.69, 9.17) is 9.31 Å². The van der Waals surface area contributed by atoms with Gasteiger partial charge in [0.1, 0.15) is 0 Å². The average Bonchev–Trinajstić information content (AvgIpc) is 2.64. The van der Waals surface area contributed by atoms with Crippen LogP contribution in [-0.4, -0.2) is 18.9 Å². The molecule has 0 spiro atoms. The van der Waals surface area contributed by atoms with Crippen LogP contribution < -0.4 is 0 Å². The molecule has 1 aliphatic heterocycles. The Morgan fingerprint density at radius 3 is 1.14 bits per heavy atom. The van der Waals surface area contributed by atoms with Gasteiger partial charge in [-0.25, -0.2) is 0 Å². The summed E-state index contributed by atoms with van der Waals surface area (Å²) in [5.41, 5.74) is -0.375. The van der Waals surface area contributed by atoms with Gasteiger partial charge in [0, 0.05) is 0 Å². The van der Waals surface area contributed by atoms with Crippen LogP contribution >= 0.6 is 0 Å². The molecule has 14 heavy (non-hydrogen) atoms. The van der Waals surface area contributed by atoms with Gasteiger partial charge >= 0.3 is 7.69 Å². The Hall–Kier alpha value is -0.0151. The van der Waals surface area contributed by atoms with Gasteiger partial charge in [0.05, 0.1) is 11.2 Å². The van der Waals surface area contributed by atoms with Crippen LogP contribution in [0, 0.1) is 0 Å². The van der Waals surface area contributed by atoms with E-state index in [0.29, 0.717) is 0 Å². The van der Waals surface area contributed by atoms with Gasteiger partial charge in [0.25, 0.3) is 0 Å². The summed E-state index contributed by atoms with van der Waals surface area (Å²) < 4.78 is 10.4. The summed E-state index contributed by atoms with van der Waals surface area (Å²) >= 11 is 0. The van der Waals surface area contributed by atoms with E-state index in [9.17, 15) is 0 Å². The first kappa shape index (κ1) is 12.1. The lowest BCUT2D eigenvalue weighted by Crippen LogP contribution is -2.41. The summed E-state index contributed by atoms with van der Waals surface area (Å²) in [5.74, 6) is 0. The molecule has 1 aliphatic carbocycles. The molecule has 1 saturated heterocycles. The van der Waals surface area contributed by atoms with E-state index in [1.165, 1.54) is 39.8 Å². The van der Waals surface area contributed by atoms with Crippen LogP contribution in [0.3, 0.4) is 0 Å². The Morgan fingerprint density at radius 1 is 0.714 bits per heavy atom. The van der Waals surface area contributed by atoms with Gasteiger partial charge in [-0.1, -0.05) is 32.1 Å². The fraction of sp³-hybridized carbons (Fsp3) is 1.00. The summed E-state index contributed by atoms with van der Waals surface area (Å²) in [6.07, 6.45) is 7.50. The van der Waals surface area contributed by atoms with E-state index in [2.05, 4.69) is 0 Å². The molecule has 1 saturated carbocycles. The molecule has 2 rings (SSSR count). The highest BCUT2D eigenvalue weighted by Gasteiger charge is 2.44. The van der Waals surface area contributed by atoms with Crippen molar-refractivity contribution in [3.05, 3.63) is 0 Å². The molecule has 0 aromatic rings. The standard InChI is InChI=1S/C6H12BO2.C5H10/c1-5(2)6(3,4)9-7-8-5;1-2-4-5-3-1/h1-4H3;1-5H2. The first-order valence-electron chi connectivity index (χ1n) is 5.63. The third-order valence-electron chi connectivity index (χ3n) is 3.39. The Kier molecular flexibility index (Phi) is 4.02. The Morgan fingerprint density at radius 2 is 1.00 bits per heavy atom. The van der Waals surface area contributed by atoms with Gasteiger partial charge < -0.3 is 9.31 Å². The third-order valence-corrected chi connectivity index (χ3v) is 3.39. The molecule has 0 atom stereocenters. The van der Waals surface area contributed by atoms with Crippen molar-refractivity contribution in [2.24, 2.45) is 0 Å².